The summed E-state index contributed by atoms with van der Waals surface area (Å²) in [7, 11) is 0. The smallest absolute Gasteiger partial charge is 0.255 e. The molecule has 25 heavy (non-hydrogen) atoms. The van der Waals surface area contributed by atoms with Gasteiger partial charge in [-0.25, -0.2) is 0 Å². The minimum Gasteiger partial charge on any atom is -0.511 e. The second-order valence-corrected chi connectivity index (χ2v) is 6.79. The topological polar surface area (TPSA) is 131 Å². The van der Waals surface area contributed by atoms with Crippen molar-refractivity contribution in [2.75, 3.05) is 0 Å². The van der Waals surface area contributed by atoms with Crippen LogP contribution in [0.4, 0.5) is 0 Å². The van der Waals surface area contributed by atoms with Crippen LogP contribution in [0.1, 0.15) is 28.8 Å². The molecule has 0 radical (unpaired) electrons. The number of carbonyl (C=O) groups excluding carboxylic acids is 3. The fourth-order valence-electron chi connectivity index (χ4n) is 4.37. The van der Waals surface area contributed by atoms with E-state index in [-0.39, 0.29) is 41.1 Å². The van der Waals surface area contributed by atoms with Crippen LogP contribution < -0.4 is 5.73 Å². The number of hydrogen-bond acceptors (Lipinski definition) is 6. The number of hydrogen-bond donors (Lipinski definition) is 3. The Morgan fingerprint density at radius 2 is 2.00 bits per heavy atom. The van der Waals surface area contributed by atoms with E-state index in [1.807, 2.05) is 0 Å². The first-order valence-electron chi connectivity index (χ1n) is 8.06. The molecule has 4 rings (SSSR count). The average Bonchev–Trinajstić information content (AvgIpc) is 2.53. The van der Waals surface area contributed by atoms with Crippen LogP contribution in [-0.2, 0) is 16.0 Å². The van der Waals surface area contributed by atoms with Gasteiger partial charge in [0.2, 0.25) is 0 Å². The van der Waals surface area contributed by atoms with E-state index < -0.39 is 23.2 Å². The minimum absolute atomic E-state index is 0.0832. The Hall–Kier alpha value is -2.96. The van der Waals surface area contributed by atoms with Crippen molar-refractivity contribution in [2.45, 2.75) is 19.3 Å². The summed E-state index contributed by atoms with van der Waals surface area (Å²) in [5.41, 5.74) is 6.22. The Morgan fingerprint density at radius 3 is 2.72 bits per heavy atom. The van der Waals surface area contributed by atoms with E-state index in [0.29, 0.717) is 18.4 Å². The van der Waals surface area contributed by atoms with Gasteiger partial charge in [-0.1, -0.05) is 0 Å². The van der Waals surface area contributed by atoms with E-state index in [9.17, 15) is 24.6 Å². The van der Waals surface area contributed by atoms with Crippen molar-refractivity contribution in [3.05, 3.63) is 52.3 Å². The lowest BCUT2D eigenvalue weighted by molar-refractivity contribution is -0.126. The molecule has 1 heterocycles. The molecule has 3 aliphatic rings. The maximum absolute atomic E-state index is 12.8. The van der Waals surface area contributed by atoms with Crippen LogP contribution in [0.2, 0.25) is 0 Å². The van der Waals surface area contributed by atoms with E-state index >= 15 is 0 Å². The van der Waals surface area contributed by atoms with Gasteiger partial charge in [-0.15, -0.1) is 0 Å². The molecule has 0 aromatic carbocycles. The Balaban J connectivity index is 1.83. The molecule has 7 nitrogen and oxygen atoms in total. The summed E-state index contributed by atoms with van der Waals surface area (Å²) < 4.78 is 0. The van der Waals surface area contributed by atoms with Gasteiger partial charge in [0.05, 0.1) is 5.92 Å². The number of amides is 1. The lowest BCUT2D eigenvalue weighted by Gasteiger charge is -2.40. The Morgan fingerprint density at radius 1 is 1.24 bits per heavy atom. The Bertz CT molecular complexity index is 898. The molecule has 1 aromatic rings. The number of allylic oxidation sites excluding steroid dienone is 3. The molecule has 7 heteroatoms. The molecule has 1 unspecified atom stereocenters. The van der Waals surface area contributed by atoms with Crippen molar-refractivity contribution in [2.24, 2.45) is 23.5 Å². The standard InChI is InChI=1S/C18H16N2O5/c19-18(25)14-11(21)5-9-4-8-3-7-1-2-20-6-10(7)15(22)12(8)16(23)13(9)17(14)24/h1-2,6,8-9,13,21,23H,3-5H2,(H2,19,25)/t8-,9-,13?/m0/s1. The Kier molecular flexibility index (Phi) is 3.28. The number of aliphatic hydroxyl groups excluding tert-OH is 2. The largest absolute Gasteiger partial charge is 0.511 e. The van der Waals surface area contributed by atoms with Crippen molar-refractivity contribution >= 4 is 17.5 Å². The fraction of sp³-hybridized carbons (Fsp3) is 0.333. The molecule has 3 aliphatic carbocycles. The second kappa shape index (κ2) is 5.27. The normalized spacial score (nSPS) is 28.4. The SMILES string of the molecule is NC(=O)C1=C(O)C[C@@H]2C[C@@H]3Cc4ccncc4C(=O)C3=C(O)C2C1=O. The second-order valence-electron chi connectivity index (χ2n) is 6.79. The lowest BCUT2D eigenvalue weighted by Crippen LogP contribution is -2.43. The van der Waals surface area contributed by atoms with Crippen LogP contribution in [-0.4, -0.2) is 32.7 Å². The van der Waals surface area contributed by atoms with Gasteiger partial charge >= 0.3 is 0 Å². The van der Waals surface area contributed by atoms with Gasteiger partial charge in [-0.3, -0.25) is 19.4 Å². The van der Waals surface area contributed by atoms with E-state index in [4.69, 9.17) is 5.73 Å². The number of Topliss-reactive ketones (excluding diaryl/α,β-unsaturated/α-hetero) is 2. The zero-order valence-corrected chi connectivity index (χ0v) is 13.2. The zero-order valence-electron chi connectivity index (χ0n) is 13.2. The van der Waals surface area contributed by atoms with Crippen LogP contribution in [0.15, 0.2) is 41.1 Å². The van der Waals surface area contributed by atoms with Crippen LogP contribution in [0.25, 0.3) is 0 Å². The number of fused-ring (bicyclic) bond motifs is 3. The van der Waals surface area contributed by atoms with E-state index in [2.05, 4.69) is 4.98 Å². The minimum atomic E-state index is -1.02. The number of aromatic nitrogens is 1. The van der Waals surface area contributed by atoms with Gasteiger partial charge in [0.1, 0.15) is 17.1 Å². The van der Waals surface area contributed by atoms with Crippen LogP contribution in [0.5, 0.6) is 0 Å². The zero-order chi connectivity index (χ0) is 17.9. The third kappa shape index (κ3) is 2.12. The first kappa shape index (κ1) is 15.6. The number of pyridine rings is 1. The number of nitrogens with zero attached hydrogens (tertiary/aromatic N) is 1. The molecular formula is C18H16N2O5. The third-order valence-electron chi connectivity index (χ3n) is 5.42. The maximum Gasteiger partial charge on any atom is 0.255 e. The van der Waals surface area contributed by atoms with Crippen molar-refractivity contribution < 1.29 is 24.6 Å². The molecule has 0 aliphatic heterocycles. The molecule has 0 saturated carbocycles. The summed E-state index contributed by atoms with van der Waals surface area (Å²) in [6.07, 6.45) is 4.19. The van der Waals surface area contributed by atoms with Gasteiger partial charge in [0.25, 0.3) is 5.91 Å². The van der Waals surface area contributed by atoms with Gasteiger partial charge in [0, 0.05) is 30.0 Å². The van der Waals surface area contributed by atoms with Crippen LogP contribution in [0.3, 0.4) is 0 Å². The van der Waals surface area contributed by atoms with Gasteiger partial charge in [-0.2, -0.15) is 0 Å². The third-order valence-corrected chi connectivity index (χ3v) is 5.42. The van der Waals surface area contributed by atoms with E-state index in [1.165, 1.54) is 6.20 Å². The summed E-state index contributed by atoms with van der Waals surface area (Å²) in [5, 5.41) is 20.7. The fourth-order valence-corrected chi connectivity index (χ4v) is 4.37. The van der Waals surface area contributed by atoms with Crippen molar-refractivity contribution in [1.29, 1.82) is 0 Å². The van der Waals surface area contributed by atoms with E-state index in [1.54, 1.807) is 12.3 Å². The maximum atomic E-state index is 12.8. The highest BCUT2D eigenvalue weighted by atomic mass is 16.3. The highest BCUT2D eigenvalue weighted by molar-refractivity contribution is 6.21. The first-order valence-corrected chi connectivity index (χ1v) is 8.06. The van der Waals surface area contributed by atoms with E-state index in [0.717, 1.165) is 5.56 Å². The Labute approximate surface area is 142 Å². The van der Waals surface area contributed by atoms with Crippen molar-refractivity contribution in [1.82, 2.24) is 4.98 Å². The number of ketones is 2. The summed E-state index contributed by atoms with van der Waals surface area (Å²) in [6.45, 7) is 0. The molecule has 1 aromatic heterocycles. The van der Waals surface area contributed by atoms with Gasteiger partial charge in [-0.05, 0) is 36.3 Å². The highest BCUT2D eigenvalue weighted by Crippen LogP contribution is 2.48. The quantitative estimate of drug-likeness (QED) is 0.657. The molecule has 1 amide bonds. The monoisotopic (exact) mass is 340 g/mol. The summed E-state index contributed by atoms with van der Waals surface area (Å²) >= 11 is 0. The predicted molar refractivity (Wildman–Crippen MR) is 85.5 cm³/mol. The number of primary amides is 1. The lowest BCUT2D eigenvalue weighted by atomic mass is 9.63. The van der Waals surface area contributed by atoms with Crippen LogP contribution >= 0.6 is 0 Å². The summed E-state index contributed by atoms with van der Waals surface area (Å²) in [4.78, 5) is 40.8. The predicted octanol–water partition coefficient (Wildman–Crippen LogP) is 1.15. The number of rotatable bonds is 1. The van der Waals surface area contributed by atoms with Gasteiger partial charge in [0.15, 0.2) is 11.6 Å². The molecule has 0 saturated heterocycles. The highest BCUT2D eigenvalue weighted by Gasteiger charge is 2.49. The molecule has 0 spiro atoms. The summed E-state index contributed by atoms with van der Waals surface area (Å²) in [5.74, 6) is -4.28. The number of aliphatic hydroxyl groups is 2. The number of nitrogens with two attached hydrogens (primary N) is 1. The average molecular weight is 340 g/mol. The molecule has 128 valence electrons. The number of carbonyl (C=O) groups is 3. The van der Waals surface area contributed by atoms with Crippen molar-refractivity contribution in [3.63, 3.8) is 0 Å². The molecular weight excluding hydrogens is 324 g/mol. The molecule has 3 atom stereocenters. The van der Waals surface area contributed by atoms with Crippen LogP contribution in [0, 0.1) is 17.8 Å². The first-order chi connectivity index (χ1) is 11.9. The molecule has 4 N–H and O–H groups in total. The molecule has 0 fully saturated rings. The molecule has 0 bridgehead atoms. The van der Waals surface area contributed by atoms with Gasteiger partial charge < -0.3 is 15.9 Å². The van der Waals surface area contributed by atoms with Crippen molar-refractivity contribution in [3.8, 4) is 0 Å². The summed E-state index contributed by atoms with van der Waals surface area (Å²) in [6, 6.07) is 1.78.